The summed E-state index contributed by atoms with van der Waals surface area (Å²) >= 11 is 0. The van der Waals surface area contributed by atoms with Crippen molar-refractivity contribution >= 4 is 5.65 Å². The van der Waals surface area contributed by atoms with Crippen molar-refractivity contribution in [3.05, 3.63) is 93.9 Å². The van der Waals surface area contributed by atoms with Gasteiger partial charge in [0.25, 0.3) is 5.56 Å². The van der Waals surface area contributed by atoms with Crippen molar-refractivity contribution in [1.82, 2.24) is 19.5 Å². The Morgan fingerprint density at radius 3 is 2.48 bits per heavy atom. The van der Waals surface area contributed by atoms with Crippen molar-refractivity contribution in [3.8, 4) is 11.3 Å². The number of rotatable bonds is 5. The van der Waals surface area contributed by atoms with E-state index in [1.165, 1.54) is 15.6 Å². The molecule has 0 unspecified atom stereocenters. The van der Waals surface area contributed by atoms with E-state index in [-0.39, 0.29) is 5.56 Å². The van der Waals surface area contributed by atoms with Gasteiger partial charge in [0.2, 0.25) is 0 Å². The van der Waals surface area contributed by atoms with Gasteiger partial charge in [0.05, 0.1) is 11.4 Å². The first-order chi connectivity index (χ1) is 13.1. The Morgan fingerprint density at radius 2 is 1.74 bits per heavy atom. The molecule has 2 aromatic carbocycles. The highest BCUT2D eigenvalue weighted by atomic mass is 16.1. The van der Waals surface area contributed by atoms with E-state index < -0.39 is 0 Å². The molecule has 0 aliphatic carbocycles. The third-order valence-electron chi connectivity index (χ3n) is 4.59. The summed E-state index contributed by atoms with van der Waals surface area (Å²) in [6.07, 6.45) is 0. The number of fused-ring (bicyclic) bond motifs is 1. The Labute approximate surface area is 157 Å². The van der Waals surface area contributed by atoms with Crippen molar-refractivity contribution in [3.63, 3.8) is 0 Å². The topological polar surface area (TPSA) is 53.4 Å². The minimum absolute atomic E-state index is 0.0959. The lowest BCUT2D eigenvalue weighted by Crippen LogP contribution is -2.21. The van der Waals surface area contributed by atoms with Crippen LogP contribution in [0.25, 0.3) is 16.9 Å². The van der Waals surface area contributed by atoms with E-state index in [0.29, 0.717) is 12.2 Å². The van der Waals surface area contributed by atoms with Gasteiger partial charge in [0.1, 0.15) is 0 Å². The highest BCUT2D eigenvalue weighted by Gasteiger charge is 2.10. The second-order valence-electron chi connectivity index (χ2n) is 6.97. The van der Waals surface area contributed by atoms with Crippen molar-refractivity contribution < 1.29 is 0 Å². The molecule has 2 heterocycles. The molecule has 0 bridgehead atoms. The number of hydrogen-bond acceptors (Lipinski definition) is 3. The fraction of sp³-hybridized carbons (Fsp3) is 0.182. The lowest BCUT2D eigenvalue weighted by molar-refractivity contribution is 0.315. The van der Waals surface area contributed by atoms with E-state index in [0.717, 1.165) is 23.5 Å². The van der Waals surface area contributed by atoms with Crippen LogP contribution < -0.4 is 5.56 Å². The second-order valence-corrected chi connectivity index (χ2v) is 6.97. The number of nitrogens with zero attached hydrogens (tertiary/aromatic N) is 3. The largest absolute Gasteiger partial charge is 0.296 e. The first kappa shape index (κ1) is 17.2. The van der Waals surface area contributed by atoms with E-state index in [2.05, 4.69) is 46.2 Å². The van der Waals surface area contributed by atoms with E-state index in [9.17, 15) is 4.79 Å². The molecule has 5 nitrogen and oxygen atoms in total. The molecule has 0 amide bonds. The van der Waals surface area contributed by atoms with E-state index in [4.69, 9.17) is 0 Å². The predicted octanol–water partition coefficient (Wildman–Crippen LogP) is 3.63. The molecule has 0 saturated carbocycles. The van der Waals surface area contributed by atoms with Crippen LogP contribution in [0.5, 0.6) is 0 Å². The van der Waals surface area contributed by atoms with Crippen LogP contribution in [-0.2, 0) is 13.1 Å². The van der Waals surface area contributed by atoms with Crippen LogP contribution in [0.2, 0.25) is 0 Å². The molecule has 0 atom stereocenters. The molecular weight excluding hydrogens is 336 g/mol. The minimum Gasteiger partial charge on any atom is -0.296 e. The monoisotopic (exact) mass is 358 g/mol. The van der Waals surface area contributed by atoms with Gasteiger partial charge in [0, 0.05) is 25.2 Å². The lowest BCUT2D eigenvalue weighted by atomic mass is 10.1. The Bertz CT molecular complexity index is 1110. The fourth-order valence-electron chi connectivity index (χ4n) is 3.23. The van der Waals surface area contributed by atoms with E-state index in [1.54, 1.807) is 6.07 Å². The summed E-state index contributed by atoms with van der Waals surface area (Å²) in [5.41, 5.74) is 5.67. The second kappa shape index (κ2) is 7.21. The van der Waals surface area contributed by atoms with Gasteiger partial charge in [0.15, 0.2) is 5.65 Å². The summed E-state index contributed by atoms with van der Waals surface area (Å²) in [7, 11) is 2.03. The van der Waals surface area contributed by atoms with Crippen LogP contribution in [0.4, 0.5) is 0 Å². The molecule has 0 saturated heterocycles. The van der Waals surface area contributed by atoms with Gasteiger partial charge in [-0.05, 0) is 25.1 Å². The Hall–Kier alpha value is -3.18. The molecule has 0 fully saturated rings. The molecule has 0 aliphatic heterocycles. The van der Waals surface area contributed by atoms with Gasteiger partial charge in [-0.1, -0.05) is 60.2 Å². The predicted molar refractivity (Wildman–Crippen MR) is 108 cm³/mol. The molecule has 0 radical (unpaired) electrons. The highest BCUT2D eigenvalue weighted by Crippen LogP contribution is 2.19. The van der Waals surface area contributed by atoms with Gasteiger partial charge in [-0.2, -0.15) is 0 Å². The van der Waals surface area contributed by atoms with Crippen LogP contribution in [0, 0.1) is 6.92 Å². The van der Waals surface area contributed by atoms with Crippen molar-refractivity contribution in [2.75, 3.05) is 7.05 Å². The molecule has 4 rings (SSSR count). The summed E-state index contributed by atoms with van der Waals surface area (Å²) in [5, 5.41) is 3.15. The Kier molecular flexibility index (Phi) is 4.60. The number of aromatic nitrogens is 3. The van der Waals surface area contributed by atoms with Gasteiger partial charge >= 0.3 is 0 Å². The summed E-state index contributed by atoms with van der Waals surface area (Å²) in [4.78, 5) is 19.3. The summed E-state index contributed by atoms with van der Waals surface area (Å²) < 4.78 is 1.50. The molecule has 27 heavy (non-hydrogen) atoms. The maximum Gasteiger partial charge on any atom is 0.272 e. The first-order valence-electron chi connectivity index (χ1n) is 9.00. The summed E-state index contributed by atoms with van der Waals surface area (Å²) in [6.45, 7) is 3.48. The van der Waals surface area contributed by atoms with Gasteiger partial charge in [-0.25, -0.2) is 9.50 Å². The Balaban J connectivity index is 1.59. The third kappa shape index (κ3) is 3.83. The number of aromatic amines is 1. The van der Waals surface area contributed by atoms with Crippen molar-refractivity contribution in [2.45, 2.75) is 20.0 Å². The van der Waals surface area contributed by atoms with Crippen molar-refractivity contribution in [1.29, 1.82) is 0 Å². The van der Waals surface area contributed by atoms with Gasteiger partial charge in [-0.15, -0.1) is 0 Å². The molecule has 2 aromatic heterocycles. The van der Waals surface area contributed by atoms with Crippen LogP contribution in [0.3, 0.4) is 0 Å². The first-order valence-corrected chi connectivity index (χ1v) is 9.00. The fourth-order valence-corrected chi connectivity index (χ4v) is 3.23. The summed E-state index contributed by atoms with van der Waals surface area (Å²) in [6, 6.07) is 22.0. The van der Waals surface area contributed by atoms with Crippen LogP contribution in [0.15, 0.2) is 71.5 Å². The average Bonchev–Trinajstić information content (AvgIpc) is 3.08. The number of hydrogen-bond donors (Lipinski definition) is 1. The number of nitrogens with one attached hydrogen (secondary N) is 1. The normalized spacial score (nSPS) is 11.4. The average molecular weight is 358 g/mol. The molecule has 1 N–H and O–H groups in total. The number of aryl methyl sites for hydroxylation is 1. The molecule has 5 heteroatoms. The van der Waals surface area contributed by atoms with Crippen molar-refractivity contribution in [2.24, 2.45) is 0 Å². The zero-order chi connectivity index (χ0) is 18.8. The maximum atomic E-state index is 12.5. The third-order valence-corrected chi connectivity index (χ3v) is 4.59. The van der Waals surface area contributed by atoms with Gasteiger partial charge < -0.3 is 0 Å². The maximum absolute atomic E-state index is 12.5. The molecule has 0 aliphatic rings. The van der Waals surface area contributed by atoms with Gasteiger partial charge in [-0.3, -0.25) is 14.8 Å². The lowest BCUT2D eigenvalue weighted by Gasteiger charge is -2.16. The van der Waals surface area contributed by atoms with Crippen LogP contribution in [-0.4, -0.2) is 26.5 Å². The number of H-pyrrole nitrogens is 1. The quantitative estimate of drug-likeness (QED) is 0.593. The molecule has 136 valence electrons. The molecule has 0 spiro atoms. The zero-order valence-electron chi connectivity index (χ0n) is 15.5. The smallest absolute Gasteiger partial charge is 0.272 e. The number of benzene rings is 2. The molecular formula is C22H22N4O. The SMILES string of the molecule is Cc1ccc(-c2cc3nc(CN(C)Cc4ccccc4)cc(=O)n3[nH]2)cc1. The van der Waals surface area contributed by atoms with Crippen LogP contribution in [0.1, 0.15) is 16.8 Å². The molecule has 4 aromatic rings. The minimum atomic E-state index is -0.0959. The van der Waals surface area contributed by atoms with E-state index in [1.807, 2.05) is 43.4 Å². The standard InChI is InChI=1S/C22H22N4O/c1-16-8-10-18(11-9-16)20-13-21-23-19(12-22(27)26(21)24-20)15-25(2)14-17-6-4-3-5-7-17/h3-13,24H,14-15H2,1-2H3. The van der Waals surface area contributed by atoms with E-state index >= 15 is 0 Å². The zero-order valence-corrected chi connectivity index (χ0v) is 15.5. The summed E-state index contributed by atoms with van der Waals surface area (Å²) in [5.74, 6) is 0. The van der Waals surface area contributed by atoms with Crippen LogP contribution >= 0.6 is 0 Å². The highest BCUT2D eigenvalue weighted by molar-refractivity contribution is 5.64. The Morgan fingerprint density at radius 1 is 1.00 bits per heavy atom.